The van der Waals surface area contributed by atoms with Gasteiger partial charge >= 0.3 is 5.97 Å². The monoisotopic (exact) mass is 463 g/mol. The molecule has 1 aliphatic rings. The number of carboxylic acid groups (broad SMARTS) is 1. The summed E-state index contributed by atoms with van der Waals surface area (Å²) < 4.78 is 10.9. The highest BCUT2D eigenvalue weighted by molar-refractivity contribution is 6.33. The molecule has 1 fully saturated rings. The lowest BCUT2D eigenvalue weighted by molar-refractivity contribution is -0.137. The number of unbranched alkanes of at least 4 members (excludes halogenated alkanes) is 2. The molecule has 2 rings (SSSR count). The number of nitrogens with two attached hydrogens (primary N) is 1. The third-order valence-electron chi connectivity index (χ3n) is 5.19. The second-order valence-corrected chi connectivity index (χ2v) is 7.63. The highest BCUT2D eigenvalue weighted by Gasteiger charge is 2.31. The van der Waals surface area contributed by atoms with E-state index in [9.17, 15) is 9.59 Å². The Morgan fingerprint density at radius 3 is 2.67 bits per heavy atom. The number of likely N-dealkylation sites (tertiary alicyclic amines) is 1. The first kappa shape index (κ1) is 26.3. The number of carbonyl (C=O) groups is 2. The van der Waals surface area contributed by atoms with E-state index < -0.39 is 5.97 Å². The van der Waals surface area contributed by atoms with Crippen molar-refractivity contribution in [2.75, 3.05) is 39.6 Å². The summed E-state index contributed by atoms with van der Waals surface area (Å²) in [5.41, 5.74) is 6.47. The van der Waals surface area contributed by atoms with Gasteiger partial charge in [0.25, 0.3) is 5.91 Å². The smallest absolute Gasteiger partial charge is 0.303 e. The third kappa shape index (κ3) is 7.50. The predicted octanol–water partition coefficient (Wildman–Crippen LogP) is 2.82. The summed E-state index contributed by atoms with van der Waals surface area (Å²) in [7, 11) is 3.12. The van der Waals surface area contributed by atoms with Crippen LogP contribution in [0, 0.1) is 0 Å². The van der Waals surface area contributed by atoms with Crippen LogP contribution in [-0.2, 0) is 9.53 Å². The number of hydrogen-bond donors (Lipinski definition) is 3. The summed E-state index contributed by atoms with van der Waals surface area (Å²) >= 11 is 6.07. The highest BCUT2D eigenvalue weighted by atomic mass is 35.5. The maximum Gasteiger partial charge on any atom is 0.303 e. The van der Waals surface area contributed by atoms with Crippen molar-refractivity contribution in [2.45, 2.75) is 44.2 Å². The standard InChI is InChI=1S/C20H30ClN3O5.ClH/c1-28-17-11-15(22)14(21)10-13(17)20(27)23-16-7-9-24(12-18(16)29-2)8-5-3-4-6-19(25)26;/h10-11,16,18H,3-9,12,22H2,1-2H3,(H,23,27)(H,25,26);1H. The predicted molar refractivity (Wildman–Crippen MR) is 119 cm³/mol. The van der Waals surface area contributed by atoms with Gasteiger partial charge in [-0.25, -0.2) is 0 Å². The number of rotatable bonds is 10. The number of nitrogens with one attached hydrogen (secondary N) is 1. The fraction of sp³-hybridized carbons (Fsp3) is 0.600. The molecule has 2 unspecified atom stereocenters. The minimum atomic E-state index is -0.750. The minimum Gasteiger partial charge on any atom is -0.496 e. The van der Waals surface area contributed by atoms with Gasteiger partial charge in [-0.1, -0.05) is 18.0 Å². The van der Waals surface area contributed by atoms with Gasteiger partial charge in [0.15, 0.2) is 0 Å². The van der Waals surface area contributed by atoms with Crippen molar-refractivity contribution in [3.63, 3.8) is 0 Å². The lowest BCUT2D eigenvalue weighted by atomic mass is 10.00. The molecule has 8 nitrogen and oxygen atoms in total. The zero-order valence-electron chi connectivity index (χ0n) is 17.4. The van der Waals surface area contributed by atoms with E-state index in [1.54, 1.807) is 7.11 Å². The van der Waals surface area contributed by atoms with Crippen molar-refractivity contribution in [1.82, 2.24) is 10.2 Å². The molecule has 1 heterocycles. The number of nitrogen functional groups attached to an aromatic ring is 1. The van der Waals surface area contributed by atoms with Gasteiger partial charge in [-0.05, 0) is 31.9 Å². The van der Waals surface area contributed by atoms with Gasteiger partial charge in [0.2, 0.25) is 0 Å². The first-order valence-electron chi connectivity index (χ1n) is 9.76. The van der Waals surface area contributed by atoms with Crippen LogP contribution in [0.3, 0.4) is 0 Å². The van der Waals surface area contributed by atoms with Crippen LogP contribution in [0.25, 0.3) is 0 Å². The van der Waals surface area contributed by atoms with Crippen LogP contribution >= 0.6 is 24.0 Å². The number of anilines is 1. The number of halogens is 2. The van der Waals surface area contributed by atoms with Gasteiger partial charge in [0, 0.05) is 32.7 Å². The molecule has 0 radical (unpaired) electrons. The number of carboxylic acids is 1. The van der Waals surface area contributed by atoms with E-state index in [2.05, 4.69) is 10.2 Å². The molecule has 0 spiro atoms. The van der Waals surface area contributed by atoms with Crippen molar-refractivity contribution in [1.29, 1.82) is 0 Å². The van der Waals surface area contributed by atoms with Gasteiger partial charge in [-0.2, -0.15) is 0 Å². The quantitative estimate of drug-likeness (QED) is 0.360. The Kier molecular flexibility index (Phi) is 11.3. The van der Waals surface area contributed by atoms with E-state index in [0.29, 0.717) is 35.0 Å². The number of ether oxygens (including phenoxy) is 2. The van der Waals surface area contributed by atoms with Gasteiger partial charge in [-0.15, -0.1) is 12.4 Å². The van der Waals surface area contributed by atoms with Crippen molar-refractivity contribution >= 4 is 41.6 Å². The number of amides is 1. The molecule has 0 bridgehead atoms. The Morgan fingerprint density at radius 2 is 2.03 bits per heavy atom. The molecule has 0 aliphatic carbocycles. The first-order valence-corrected chi connectivity index (χ1v) is 10.1. The lowest BCUT2D eigenvalue weighted by Crippen LogP contribution is -2.54. The van der Waals surface area contributed by atoms with Crippen molar-refractivity contribution in [3.05, 3.63) is 22.7 Å². The molecule has 1 aliphatic heterocycles. The Morgan fingerprint density at radius 1 is 1.30 bits per heavy atom. The van der Waals surface area contributed by atoms with Crippen LogP contribution < -0.4 is 15.8 Å². The normalized spacial score (nSPS) is 19.0. The van der Waals surface area contributed by atoms with Crippen molar-refractivity contribution in [3.8, 4) is 5.75 Å². The van der Waals surface area contributed by atoms with Crippen LogP contribution in [0.5, 0.6) is 5.75 Å². The van der Waals surface area contributed by atoms with Crippen LogP contribution in [0.15, 0.2) is 12.1 Å². The number of benzene rings is 1. The van der Waals surface area contributed by atoms with E-state index in [1.165, 1.54) is 19.2 Å². The summed E-state index contributed by atoms with van der Waals surface area (Å²) in [6.07, 6.45) is 3.36. The summed E-state index contributed by atoms with van der Waals surface area (Å²) in [5, 5.41) is 12.0. The van der Waals surface area contributed by atoms with E-state index >= 15 is 0 Å². The molecular weight excluding hydrogens is 433 g/mol. The fourth-order valence-electron chi connectivity index (χ4n) is 3.54. The fourth-order valence-corrected chi connectivity index (χ4v) is 3.70. The molecule has 1 aromatic carbocycles. The van der Waals surface area contributed by atoms with Gasteiger partial charge < -0.3 is 30.5 Å². The number of carbonyl (C=O) groups excluding carboxylic acids is 1. The molecular formula is C20H31Cl2N3O5. The molecule has 0 aromatic heterocycles. The van der Waals surface area contributed by atoms with Crippen molar-refractivity contribution in [2.24, 2.45) is 0 Å². The Hall–Kier alpha value is -1.74. The summed E-state index contributed by atoms with van der Waals surface area (Å²) in [6, 6.07) is 2.92. The molecule has 4 N–H and O–H groups in total. The second-order valence-electron chi connectivity index (χ2n) is 7.22. The zero-order chi connectivity index (χ0) is 21.4. The SMILES string of the molecule is COc1cc(N)c(Cl)cc1C(=O)NC1CCN(CCCCCC(=O)O)CC1OC.Cl. The van der Waals surface area contributed by atoms with Gasteiger partial charge in [0.05, 0.1) is 35.5 Å². The molecule has 1 amide bonds. The average molecular weight is 464 g/mol. The van der Waals surface area contributed by atoms with Crippen LogP contribution in [0.4, 0.5) is 5.69 Å². The number of hydrogen-bond acceptors (Lipinski definition) is 6. The van der Waals surface area contributed by atoms with Gasteiger partial charge in [0.1, 0.15) is 5.75 Å². The molecule has 2 atom stereocenters. The highest BCUT2D eigenvalue weighted by Crippen LogP contribution is 2.29. The molecule has 170 valence electrons. The molecule has 1 saturated heterocycles. The third-order valence-corrected chi connectivity index (χ3v) is 5.52. The number of methoxy groups -OCH3 is 2. The van der Waals surface area contributed by atoms with Gasteiger partial charge in [-0.3, -0.25) is 9.59 Å². The Bertz CT molecular complexity index is 720. The maximum atomic E-state index is 12.8. The van der Waals surface area contributed by atoms with E-state index in [0.717, 1.165) is 32.4 Å². The Balaban J connectivity index is 0.00000450. The Labute approximate surface area is 188 Å². The molecule has 0 saturated carbocycles. The summed E-state index contributed by atoms with van der Waals surface area (Å²) in [5.74, 6) is -0.657. The van der Waals surface area contributed by atoms with E-state index in [-0.39, 0.29) is 36.9 Å². The first-order chi connectivity index (χ1) is 13.8. The topological polar surface area (TPSA) is 114 Å². The summed E-state index contributed by atoms with van der Waals surface area (Å²) in [6.45, 7) is 2.44. The molecule has 30 heavy (non-hydrogen) atoms. The minimum absolute atomic E-state index is 0. The van der Waals surface area contributed by atoms with E-state index in [1.807, 2.05) is 0 Å². The van der Waals surface area contributed by atoms with Crippen LogP contribution in [0.2, 0.25) is 5.02 Å². The number of nitrogens with zero attached hydrogens (tertiary/aromatic N) is 1. The summed E-state index contributed by atoms with van der Waals surface area (Å²) in [4.78, 5) is 25.6. The maximum absolute atomic E-state index is 12.8. The second kappa shape index (κ2) is 12.8. The lowest BCUT2D eigenvalue weighted by Gasteiger charge is -2.38. The number of aliphatic carboxylic acids is 1. The van der Waals surface area contributed by atoms with Crippen LogP contribution in [0.1, 0.15) is 42.5 Å². The zero-order valence-corrected chi connectivity index (χ0v) is 18.9. The largest absolute Gasteiger partial charge is 0.496 e. The molecule has 10 heteroatoms. The average Bonchev–Trinajstić information content (AvgIpc) is 2.69. The molecule has 1 aromatic rings. The van der Waals surface area contributed by atoms with Crippen LogP contribution in [-0.4, -0.2) is 67.9 Å². The van der Waals surface area contributed by atoms with E-state index in [4.69, 9.17) is 31.9 Å². The van der Waals surface area contributed by atoms with Crippen molar-refractivity contribution < 1.29 is 24.2 Å². The number of piperidine rings is 1.